The van der Waals surface area contributed by atoms with Crippen molar-refractivity contribution in [2.45, 2.75) is 20.1 Å². The summed E-state index contributed by atoms with van der Waals surface area (Å²) in [4.78, 5) is 0. The molecule has 0 saturated carbocycles. The zero-order chi connectivity index (χ0) is 19.1. The third-order valence-electron chi connectivity index (χ3n) is 3.97. The van der Waals surface area contributed by atoms with Gasteiger partial charge in [0.1, 0.15) is 18.1 Å². The van der Waals surface area contributed by atoms with E-state index in [0.717, 1.165) is 38.2 Å². The molecule has 0 atom stereocenters. The molecule has 3 rings (SSSR count). The first kappa shape index (κ1) is 19.8. The predicted octanol–water partition coefficient (Wildman–Crippen LogP) is 6.80. The van der Waals surface area contributed by atoms with Gasteiger partial charge in [0.2, 0.25) is 0 Å². The summed E-state index contributed by atoms with van der Waals surface area (Å²) in [6.07, 6.45) is 0. The van der Waals surface area contributed by atoms with Crippen LogP contribution in [-0.4, -0.2) is 6.61 Å². The largest absolute Gasteiger partial charge is 0.494 e. The van der Waals surface area contributed by atoms with E-state index in [-0.39, 0.29) is 0 Å². The molecule has 5 heteroatoms. The van der Waals surface area contributed by atoms with Gasteiger partial charge in [-0.2, -0.15) is 0 Å². The van der Waals surface area contributed by atoms with E-state index in [1.165, 1.54) is 5.56 Å². The molecule has 27 heavy (non-hydrogen) atoms. The molecular weight excluding hydrogens is 470 g/mol. The average Bonchev–Trinajstić information content (AvgIpc) is 2.68. The molecule has 0 aliphatic heterocycles. The Balaban J connectivity index is 1.55. The average molecular weight is 491 g/mol. The number of anilines is 1. The van der Waals surface area contributed by atoms with E-state index in [1.54, 1.807) is 0 Å². The molecule has 0 amide bonds. The van der Waals surface area contributed by atoms with Crippen molar-refractivity contribution in [3.63, 3.8) is 0 Å². The molecule has 0 spiro atoms. The smallest absolute Gasteiger partial charge is 0.134 e. The first-order valence-electron chi connectivity index (χ1n) is 8.76. The molecule has 1 N–H and O–H groups in total. The predicted molar refractivity (Wildman–Crippen MR) is 118 cm³/mol. The van der Waals surface area contributed by atoms with Gasteiger partial charge in [0.15, 0.2) is 0 Å². The molecule has 3 nitrogen and oxygen atoms in total. The van der Waals surface area contributed by atoms with Gasteiger partial charge in [0.25, 0.3) is 0 Å². The minimum absolute atomic E-state index is 0.537. The van der Waals surface area contributed by atoms with Gasteiger partial charge in [-0.05, 0) is 82.5 Å². The maximum absolute atomic E-state index is 5.92. The molecule has 0 bridgehead atoms. The SMILES string of the molecule is CCOc1ccc(NCc2ccc(OCc3ccc(Br)cc3)c(Br)c2)cc1. The number of rotatable bonds is 8. The topological polar surface area (TPSA) is 30.5 Å². The van der Waals surface area contributed by atoms with Gasteiger partial charge < -0.3 is 14.8 Å². The highest BCUT2D eigenvalue weighted by Gasteiger charge is 2.04. The van der Waals surface area contributed by atoms with Gasteiger partial charge >= 0.3 is 0 Å². The first-order valence-corrected chi connectivity index (χ1v) is 10.3. The summed E-state index contributed by atoms with van der Waals surface area (Å²) in [6.45, 7) is 3.93. The van der Waals surface area contributed by atoms with Crippen LogP contribution in [0.25, 0.3) is 0 Å². The Bertz CT molecular complexity index is 864. The number of ether oxygens (including phenoxy) is 2. The lowest BCUT2D eigenvalue weighted by molar-refractivity contribution is 0.304. The molecule has 140 valence electrons. The van der Waals surface area contributed by atoms with Crippen LogP contribution < -0.4 is 14.8 Å². The normalized spacial score (nSPS) is 10.5. The summed E-state index contributed by atoms with van der Waals surface area (Å²) in [5.41, 5.74) is 3.36. The van der Waals surface area contributed by atoms with Crippen LogP contribution in [0.4, 0.5) is 5.69 Å². The van der Waals surface area contributed by atoms with Crippen LogP contribution in [0.1, 0.15) is 18.1 Å². The summed E-state index contributed by atoms with van der Waals surface area (Å²) >= 11 is 7.05. The molecule has 0 radical (unpaired) electrons. The molecule has 0 saturated heterocycles. The summed E-state index contributed by atoms with van der Waals surface area (Å²) < 4.78 is 13.4. The molecule has 0 aliphatic rings. The van der Waals surface area contributed by atoms with Crippen molar-refractivity contribution < 1.29 is 9.47 Å². The van der Waals surface area contributed by atoms with Crippen LogP contribution in [0.15, 0.2) is 75.7 Å². The van der Waals surface area contributed by atoms with Crippen molar-refractivity contribution in [3.8, 4) is 11.5 Å². The van der Waals surface area contributed by atoms with Crippen LogP contribution in [0, 0.1) is 0 Å². The van der Waals surface area contributed by atoms with Gasteiger partial charge in [-0.3, -0.25) is 0 Å². The fraction of sp³-hybridized carbons (Fsp3) is 0.182. The Labute approximate surface area is 177 Å². The van der Waals surface area contributed by atoms with Crippen molar-refractivity contribution in [2.24, 2.45) is 0 Å². The second-order valence-corrected chi connectivity index (χ2v) is 7.76. The molecule has 0 fully saturated rings. The molecular formula is C22H21Br2NO2. The first-order chi connectivity index (χ1) is 13.1. The van der Waals surface area contributed by atoms with E-state index in [1.807, 2.05) is 61.5 Å². The quantitative estimate of drug-likeness (QED) is 0.376. The summed E-state index contributed by atoms with van der Waals surface area (Å²) in [7, 11) is 0. The van der Waals surface area contributed by atoms with Crippen LogP contribution in [0.3, 0.4) is 0 Å². The maximum Gasteiger partial charge on any atom is 0.134 e. The van der Waals surface area contributed by atoms with Gasteiger partial charge in [0, 0.05) is 16.7 Å². The number of nitrogens with one attached hydrogen (secondary N) is 1. The summed E-state index contributed by atoms with van der Waals surface area (Å²) in [5, 5.41) is 3.42. The lowest BCUT2D eigenvalue weighted by Crippen LogP contribution is -2.01. The number of benzene rings is 3. The van der Waals surface area contributed by atoms with Crippen molar-refractivity contribution in [3.05, 3.63) is 86.8 Å². The molecule has 3 aromatic rings. The third kappa shape index (κ3) is 6.01. The third-order valence-corrected chi connectivity index (χ3v) is 5.11. The van der Waals surface area contributed by atoms with Gasteiger partial charge in [-0.25, -0.2) is 0 Å². The van der Waals surface area contributed by atoms with Gasteiger partial charge in [-0.1, -0.05) is 34.1 Å². The van der Waals surface area contributed by atoms with E-state index in [2.05, 4.69) is 49.3 Å². The van der Waals surface area contributed by atoms with Crippen LogP contribution in [0.5, 0.6) is 11.5 Å². The molecule has 3 aromatic carbocycles. The monoisotopic (exact) mass is 489 g/mol. The number of halogens is 2. The van der Waals surface area contributed by atoms with E-state index in [0.29, 0.717) is 13.2 Å². The number of hydrogen-bond acceptors (Lipinski definition) is 3. The van der Waals surface area contributed by atoms with Crippen LogP contribution in [-0.2, 0) is 13.2 Å². The van der Waals surface area contributed by atoms with Gasteiger partial charge in [0.05, 0.1) is 11.1 Å². The van der Waals surface area contributed by atoms with Crippen LogP contribution >= 0.6 is 31.9 Å². The number of hydrogen-bond donors (Lipinski definition) is 1. The Hall–Kier alpha value is -1.98. The summed E-state index contributed by atoms with van der Waals surface area (Å²) in [5.74, 6) is 1.72. The van der Waals surface area contributed by atoms with Gasteiger partial charge in [-0.15, -0.1) is 0 Å². The fourth-order valence-electron chi connectivity index (χ4n) is 2.55. The van der Waals surface area contributed by atoms with E-state index < -0.39 is 0 Å². The second-order valence-electron chi connectivity index (χ2n) is 5.99. The molecule has 0 aliphatic carbocycles. The zero-order valence-electron chi connectivity index (χ0n) is 15.0. The standard InChI is InChI=1S/C22H21Br2NO2/c1-2-26-20-10-8-19(9-11-20)25-14-17-5-12-22(21(24)13-17)27-15-16-3-6-18(23)7-4-16/h3-13,25H,2,14-15H2,1H3. The highest BCUT2D eigenvalue weighted by atomic mass is 79.9. The van der Waals surface area contributed by atoms with Crippen molar-refractivity contribution in [1.29, 1.82) is 0 Å². The van der Waals surface area contributed by atoms with Crippen molar-refractivity contribution in [1.82, 2.24) is 0 Å². The Morgan fingerprint density at radius 2 is 1.52 bits per heavy atom. The van der Waals surface area contributed by atoms with Crippen molar-refractivity contribution in [2.75, 3.05) is 11.9 Å². The lowest BCUT2D eigenvalue weighted by atomic mass is 10.2. The Kier molecular flexibility index (Phi) is 7.18. The Morgan fingerprint density at radius 3 is 2.19 bits per heavy atom. The maximum atomic E-state index is 5.92. The minimum Gasteiger partial charge on any atom is -0.494 e. The highest BCUT2D eigenvalue weighted by Crippen LogP contribution is 2.27. The lowest BCUT2D eigenvalue weighted by Gasteiger charge is -2.11. The van der Waals surface area contributed by atoms with E-state index in [9.17, 15) is 0 Å². The minimum atomic E-state index is 0.537. The highest BCUT2D eigenvalue weighted by molar-refractivity contribution is 9.10. The molecule has 0 unspecified atom stereocenters. The second kappa shape index (κ2) is 9.81. The zero-order valence-corrected chi connectivity index (χ0v) is 18.2. The molecule has 0 aromatic heterocycles. The Morgan fingerprint density at radius 1 is 0.815 bits per heavy atom. The fourth-order valence-corrected chi connectivity index (χ4v) is 3.36. The van der Waals surface area contributed by atoms with Crippen LogP contribution in [0.2, 0.25) is 0 Å². The van der Waals surface area contributed by atoms with Crippen molar-refractivity contribution >= 4 is 37.5 Å². The van der Waals surface area contributed by atoms with E-state index >= 15 is 0 Å². The molecule has 0 heterocycles. The van der Waals surface area contributed by atoms with E-state index in [4.69, 9.17) is 9.47 Å². The summed E-state index contributed by atoms with van der Waals surface area (Å²) in [6, 6.07) is 22.3.